The average Bonchev–Trinajstić information content (AvgIpc) is 2.67. The largest absolute Gasteiger partial charge is 0.352 e. The van der Waals surface area contributed by atoms with Gasteiger partial charge in [-0.1, -0.05) is 23.9 Å². The smallest absolute Gasteiger partial charge is 0.230 e. The Labute approximate surface area is 175 Å². The molecule has 4 bridgehead atoms. The van der Waals surface area contributed by atoms with Gasteiger partial charge in [0, 0.05) is 6.04 Å². The number of amidine groups is 1. The van der Waals surface area contributed by atoms with Crippen LogP contribution in [-0.2, 0) is 4.79 Å². The second-order valence-corrected chi connectivity index (χ2v) is 9.93. The van der Waals surface area contributed by atoms with Crippen LogP contribution >= 0.6 is 11.8 Å². The van der Waals surface area contributed by atoms with E-state index in [9.17, 15) is 9.18 Å². The maximum atomic E-state index is 13.8. The highest BCUT2D eigenvalue weighted by molar-refractivity contribution is 8.14. The minimum atomic E-state index is -0.467. The third-order valence-corrected chi connectivity index (χ3v) is 7.83. The summed E-state index contributed by atoms with van der Waals surface area (Å²) in [6.07, 6.45) is 9.67. The molecule has 7 heteroatoms. The topological polar surface area (TPSA) is 77.3 Å². The van der Waals surface area contributed by atoms with Gasteiger partial charge in [0.2, 0.25) is 5.91 Å². The molecule has 0 spiro atoms. The molecule has 0 aliphatic heterocycles. The van der Waals surface area contributed by atoms with E-state index in [1.165, 1.54) is 50.7 Å². The normalized spacial score (nSPS) is 31.2. The molecular weight excluding hydrogens is 387 g/mol. The zero-order chi connectivity index (χ0) is 20.4. The van der Waals surface area contributed by atoms with E-state index in [1.54, 1.807) is 18.3 Å². The standard InChI is InChI=1S/C22H27FN4OS/c1-14(22-9-15-6-16(10-22)8-17(7-15)11-22)26-20(28)12-29-21(25-13-24)27-19-5-3-2-4-18(19)23/h2-5,14-17H,6-12H2,1H3,(H,25,27)(H,26,28)/t14-,15?,16?,17?,22?/m1/s1. The first-order chi connectivity index (χ1) is 14.0. The Balaban J connectivity index is 1.35. The SMILES string of the molecule is C[C@@H](NC(=O)CSC(=Nc1ccccc1F)NC#N)C12CC3CC(CC(C3)C1)C2. The first-order valence-corrected chi connectivity index (χ1v) is 11.4. The number of nitriles is 1. The van der Waals surface area contributed by atoms with E-state index in [-0.39, 0.29) is 34.0 Å². The van der Waals surface area contributed by atoms with Gasteiger partial charge in [-0.15, -0.1) is 0 Å². The highest BCUT2D eigenvalue weighted by atomic mass is 32.2. The molecule has 5 nitrogen and oxygen atoms in total. The fraction of sp³-hybridized carbons (Fsp3) is 0.591. The van der Waals surface area contributed by atoms with Crippen LogP contribution in [0.25, 0.3) is 0 Å². The fourth-order valence-corrected chi connectivity index (χ4v) is 6.71. The van der Waals surface area contributed by atoms with E-state index in [2.05, 4.69) is 22.5 Å². The first-order valence-electron chi connectivity index (χ1n) is 10.4. The van der Waals surface area contributed by atoms with E-state index < -0.39 is 5.82 Å². The number of hydrogen-bond donors (Lipinski definition) is 2. The van der Waals surface area contributed by atoms with Crippen LogP contribution in [-0.4, -0.2) is 22.9 Å². The second kappa shape index (κ2) is 8.35. The molecule has 1 aromatic rings. The number of aliphatic imine (C=N–C) groups is 1. The van der Waals surface area contributed by atoms with Crippen molar-refractivity contribution >= 4 is 28.5 Å². The lowest BCUT2D eigenvalue weighted by molar-refractivity contribution is -0.123. The van der Waals surface area contributed by atoms with Crippen molar-refractivity contribution in [3.63, 3.8) is 0 Å². The third kappa shape index (κ3) is 4.42. The van der Waals surface area contributed by atoms with Gasteiger partial charge in [0.05, 0.1) is 5.75 Å². The maximum absolute atomic E-state index is 13.8. The van der Waals surface area contributed by atoms with Crippen molar-refractivity contribution in [2.45, 2.75) is 51.5 Å². The maximum Gasteiger partial charge on any atom is 0.230 e. The van der Waals surface area contributed by atoms with Gasteiger partial charge in [0.1, 0.15) is 11.5 Å². The summed E-state index contributed by atoms with van der Waals surface area (Å²) in [6.45, 7) is 2.15. The highest BCUT2D eigenvalue weighted by Crippen LogP contribution is 2.61. The molecule has 4 aliphatic rings. The third-order valence-electron chi connectivity index (χ3n) is 6.96. The molecule has 4 fully saturated rings. The number of carbonyl (C=O) groups is 1. The Morgan fingerprint density at radius 2 is 1.90 bits per heavy atom. The lowest BCUT2D eigenvalue weighted by atomic mass is 9.48. The molecule has 29 heavy (non-hydrogen) atoms. The molecule has 154 valence electrons. The van der Waals surface area contributed by atoms with E-state index in [4.69, 9.17) is 5.26 Å². The summed E-state index contributed by atoms with van der Waals surface area (Å²) in [5.41, 5.74) is 0.393. The number of nitrogens with zero attached hydrogens (tertiary/aromatic N) is 2. The number of para-hydroxylation sites is 1. The van der Waals surface area contributed by atoms with Gasteiger partial charge in [0.15, 0.2) is 11.4 Å². The lowest BCUT2D eigenvalue weighted by Gasteiger charge is -2.59. The quantitative estimate of drug-likeness (QED) is 0.325. The van der Waals surface area contributed by atoms with Gasteiger partial charge in [-0.25, -0.2) is 9.38 Å². The van der Waals surface area contributed by atoms with E-state index in [0.29, 0.717) is 0 Å². The van der Waals surface area contributed by atoms with Crippen LogP contribution in [0.3, 0.4) is 0 Å². The van der Waals surface area contributed by atoms with Gasteiger partial charge in [-0.05, 0) is 80.8 Å². The molecule has 0 unspecified atom stereocenters. The van der Waals surface area contributed by atoms with Gasteiger partial charge >= 0.3 is 0 Å². The Morgan fingerprint density at radius 1 is 1.28 bits per heavy atom. The van der Waals surface area contributed by atoms with Crippen molar-refractivity contribution in [2.24, 2.45) is 28.2 Å². The Hall–Kier alpha value is -2.07. The lowest BCUT2D eigenvalue weighted by Crippen LogP contribution is -2.56. The highest BCUT2D eigenvalue weighted by Gasteiger charge is 2.53. The van der Waals surface area contributed by atoms with Crippen molar-refractivity contribution in [1.29, 1.82) is 5.26 Å². The van der Waals surface area contributed by atoms with Crippen LogP contribution in [0.2, 0.25) is 0 Å². The Morgan fingerprint density at radius 3 is 2.48 bits per heavy atom. The molecule has 4 aliphatic carbocycles. The van der Waals surface area contributed by atoms with E-state index in [1.807, 2.05) is 0 Å². The summed E-state index contributed by atoms with van der Waals surface area (Å²) in [5, 5.41) is 14.8. The number of amides is 1. The summed E-state index contributed by atoms with van der Waals surface area (Å²) in [4.78, 5) is 16.7. The van der Waals surface area contributed by atoms with Crippen LogP contribution in [0.5, 0.6) is 0 Å². The number of nitrogens with one attached hydrogen (secondary N) is 2. The number of thioether (sulfide) groups is 1. The van der Waals surface area contributed by atoms with Gasteiger partial charge in [-0.2, -0.15) is 5.26 Å². The van der Waals surface area contributed by atoms with Crippen molar-refractivity contribution in [3.05, 3.63) is 30.1 Å². The molecule has 0 saturated heterocycles. The number of hydrogen-bond acceptors (Lipinski definition) is 4. The molecule has 5 rings (SSSR count). The van der Waals surface area contributed by atoms with Gasteiger partial charge < -0.3 is 5.32 Å². The fourth-order valence-electron chi connectivity index (χ4n) is 6.07. The van der Waals surface area contributed by atoms with Crippen LogP contribution in [0, 0.1) is 40.4 Å². The van der Waals surface area contributed by atoms with Crippen LogP contribution in [0.1, 0.15) is 45.4 Å². The number of benzene rings is 1. The van der Waals surface area contributed by atoms with Gasteiger partial charge in [0.25, 0.3) is 0 Å². The predicted molar refractivity (Wildman–Crippen MR) is 113 cm³/mol. The zero-order valence-corrected chi connectivity index (χ0v) is 17.5. The predicted octanol–water partition coefficient (Wildman–Crippen LogP) is 4.34. The summed E-state index contributed by atoms with van der Waals surface area (Å²) < 4.78 is 13.8. The molecular formula is C22H27FN4OS. The number of halogens is 1. The van der Waals surface area contributed by atoms with Crippen molar-refractivity contribution in [1.82, 2.24) is 10.6 Å². The molecule has 1 atom stereocenters. The molecule has 0 radical (unpaired) electrons. The monoisotopic (exact) mass is 414 g/mol. The summed E-state index contributed by atoms with van der Waals surface area (Å²) in [6, 6.07) is 6.26. The molecule has 0 heterocycles. The number of rotatable bonds is 5. The zero-order valence-electron chi connectivity index (χ0n) is 16.7. The van der Waals surface area contributed by atoms with E-state index in [0.717, 1.165) is 29.5 Å². The summed E-state index contributed by atoms with van der Waals surface area (Å²) in [5.74, 6) is 2.13. The minimum Gasteiger partial charge on any atom is -0.352 e. The number of carbonyl (C=O) groups excluding carboxylic acids is 1. The first kappa shape index (κ1) is 20.2. The summed E-state index contributed by atoms with van der Waals surface area (Å²) in [7, 11) is 0. The Kier molecular flexibility index (Phi) is 5.82. The van der Waals surface area contributed by atoms with Crippen molar-refractivity contribution in [2.75, 3.05) is 5.75 Å². The second-order valence-electron chi connectivity index (χ2n) is 8.96. The molecule has 2 N–H and O–H groups in total. The van der Waals surface area contributed by atoms with Crippen LogP contribution in [0.4, 0.5) is 10.1 Å². The van der Waals surface area contributed by atoms with Crippen molar-refractivity contribution in [3.8, 4) is 6.19 Å². The minimum absolute atomic E-state index is 0.0702. The molecule has 1 aromatic carbocycles. The summed E-state index contributed by atoms with van der Waals surface area (Å²) >= 11 is 1.11. The van der Waals surface area contributed by atoms with Gasteiger partial charge in [-0.3, -0.25) is 10.1 Å². The molecule has 0 aromatic heterocycles. The molecule has 1 amide bonds. The average molecular weight is 415 g/mol. The van der Waals surface area contributed by atoms with E-state index >= 15 is 0 Å². The van der Waals surface area contributed by atoms with Crippen LogP contribution in [0.15, 0.2) is 29.3 Å². The molecule has 4 saturated carbocycles. The van der Waals surface area contributed by atoms with Crippen molar-refractivity contribution < 1.29 is 9.18 Å². The Bertz CT molecular complexity index is 814. The van der Waals surface area contributed by atoms with Crippen LogP contribution < -0.4 is 10.6 Å².